The Kier molecular flexibility index (Phi) is 6.22. The molecule has 1 atom stereocenters. The molecule has 0 saturated heterocycles. The number of nitrogens with two attached hydrogens (primary N) is 1. The average molecular weight is 379 g/mol. The number of carbonyl (C=O) groups is 1. The summed E-state index contributed by atoms with van der Waals surface area (Å²) < 4.78 is 27.4. The van der Waals surface area contributed by atoms with E-state index >= 15 is 0 Å². The summed E-state index contributed by atoms with van der Waals surface area (Å²) in [5.74, 6) is -0.512. The van der Waals surface area contributed by atoms with E-state index in [0.717, 1.165) is 15.1 Å². The van der Waals surface area contributed by atoms with Crippen LogP contribution in [0.5, 0.6) is 0 Å². The van der Waals surface area contributed by atoms with Crippen LogP contribution in [-0.2, 0) is 14.8 Å². The lowest BCUT2D eigenvalue weighted by Gasteiger charge is -2.27. The SMILES string of the molecule is CC(C)CCN([C@H](C)C(=O)NO)S(=O)(=O)c1ccc2cc(N)ccc2c1. The molecule has 0 aromatic heterocycles. The van der Waals surface area contributed by atoms with Crippen molar-refractivity contribution in [3.63, 3.8) is 0 Å². The molecule has 142 valence electrons. The number of hydroxylamine groups is 1. The van der Waals surface area contributed by atoms with E-state index in [0.29, 0.717) is 12.1 Å². The first-order valence-electron chi connectivity index (χ1n) is 8.42. The van der Waals surface area contributed by atoms with Gasteiger partial charge in [-0.3, -0.25) is 10.0 Å². The fraction of sp³-hybridized carbons (Fsp3) is 0.389. The third-order valence-corrected chi connectivity index (χ3v) is 6.26. The predicted molar refractivity (Wildman–Crippen MR) is 101 cm³/mol. The zero-order valence-corrected chi connectivity index (χ0v) is 16.0. The van der Waals surface area contributed by atoms with Crippen LogP contribution in [-0.4, -0.2) is 36.4 Å². The van der Waals surface area contributed by atoms with Gasteiger partial charge in [0, 0.05) is 12.2 Å². The van der Waals surface area contributed by atoms with Crippen LogP contribution in [0.25, 0.3) is 10.8 Å². The molecular formula is C18H25N3O4S. The third kappa shape index (κ3) is 4.32. The molecule has 2 rings (SSSR count). The van der Waals surface area contributed by atoms with Gasteiger partial charge in [0.2, 0.25) is 10.0 Å². The topological polar surface area (TPSA) is 113 Å². The summed E-state index contributed by atoms with van der Waals surface area (Å²) in [6.07, 6.45) is 0.590. The summed E-state index contributed by atoms with van der Waals surface area (Å²) in [7, 11) is -3.92. The van der Waals surface area contributed by atoms with E-state index in [9.17, 15) is 13.2 Å². The van der Waals surface area contributed by atoms with Gasteiger partial charge in [-0.25, -0.2) is 13.9 Å². The molecule has 0 aliphatic rings. The highest BCUT2D eigenvalue weighted by Crippen LogP contribution is 2.25. The van der Waals surface area contributed by atoms with Gasteiger partial charge in [0.15, 0.2) is 0 Å². The Labute approximate surface area is 153 Å². The molecule has 0 spiro atoms. The number of nitrogens with one attached hydrogen (secondary N) is 1. The van der Waals surface area contributed by atoms with Crippen molar-refractivity contribution in [1.29, 1.82) is 0 Å². The van der Waals surface area contributed by atoms with Gasteiger partial charge >= 0.3 is 0 Å². The van der Waals surface area contributed by atoms with Crippen molar-refractivity contribution in [2.45, 2.75) is 38.1 Å². The van der Waals surface area contributed by atoms with Crippen LogP contribution >= 0.6 is 0 Å². The number of sulfonamides is 1. The number of hydrogen-bond donors (Lipinski definition) is 3. The number of benzene rings is 2. The lowest BCUT2D eigenvalue weighted by Crippen LogP contribution is -2.47. The van der Waals surface area contributed by atoms with E-state index in [1.165, 1.54) is 18.5 Å². The molecule has 0 radical (unpaired) electrons. The fourth-order valence-electron chi connectivity index (χ4n) is 2.67. The van der Waals surface area contributed by atoms with E-state index in [1.54, 1.807) is 30.3 Å². The van der Waals surface area contributed by atoms with Crippen molar-refractivity contribution in [1.82, 2.24) is 9.79 Å². The minimum absolute atomic E-state index is 0.0936. The first-order valence-corrected chi connectivity index (χ1v) is 9.86. The van der Waals surface area contributed by atoms with Gasteiger partial charge in [0.1, 0.15) is 6.04 Å². The maximum Gasteiger partial charge on any atom is 0.261 e. The number of nitrogen functional groups attached to an aromatic ring is 1. The number of anilines is 1. The number of carbonyl (C=O) groups excluding carboxylic acids is 1. The summed E-state index contributed by atoms with van der Waals surface area (Å²) in [5, 5.41) is 10.5. The van der Waals surface area contributed by atoms with Gasteiger partial charge in [-0.2, -0.15) is 4.31 Å². The Balaban J connectivity index is 2.47. The highest BCUT2D eigenvalue weighted by molar-refractivity contribution is 7.89. The second-order valence-corrected chi connectivity index (χ2v) is 8.61. The van der Waals surface area contributed by atoms with Gasteiger partial charge in [-0.15, -0.1) is 0 Å². The van der Waals surface area contributed by atoms with Crippen LogP contribution in [0.2, 0.25) is 0 Å². The molecule has 8 heteroatoms. The van der Waals surface area contributed by atoms with Gasteiger partial charge in [-0.1, -0.05) is 26.0 Å². The Bertz CT molecular complexity index is 896. The zero-order valence-electron chi connectivity index (χ0n) is 15.1. The second kappa shape index (κ2) is 8.03. The van der Waals surface area contributed by atoms with E-state index < -0.39 is 22.0 Å². The maximum atomic E-state index is 13.2. The molecule has 0 bridgehead atoms. The minimum Gasteiger partial charge on any atom is -0.399 e. The monoisotopic (exact) mass is 379 g/mol. The molecule has 0 saturated carbocycles. The highest BCUT2D eigenvalue weighted by atomic mass is 32.2. The van der Waals surface area contributed by atoms with Gasteiger partial charge in [-0.05, 0) is 54.3 Å². The molecule has 4 N–H and O–H groups in total. The highest BCUT2D eigenvalue weighted by Gasteiger charge is 2.33. The molecule has 0 fully saturated rings. The van der Waals surface area contributed by atoms with Gasteiger partial charge < -0.3 is 5.73 Å². The summed E-state index contributed by atoms with van der Waals surface area (Å²) in [5.41, 5.74) is 7.89. The lowest BCUT2D eigenvalue weighted by molar-refractivity contribution is -0.132. The number of fused-ring (bicyclic) bond motifs is 1. The summed E-state index contributed by atoms with van der Waals surface area (Å²) >= 11 is 0. The smallest absolute Gasteiger partial charge is 0.261 e. The predicted octanol–water partition coefficient (Wildman–Crippen LogP) is 2.35. The number of rotatable bonds is 7. The van der Waals surface area contributed by atoms with E-state index in [1.807, 2.05) is 13.8 Å². The van der Waals surface area contributed by atoms with E-state index in [-0.39, 0.29) is 17.4 Å². The molecule has 0 heterocycles. The number of amides is 1. The number of hydrogen-bond acceptors (Lipinski definition) is 5. The first-order chi connectivity index (χ1) is 12.2. The quantitative estimate of drug-likeness (QED) is 0.388. The van der Waals surface area contributed by atoms with E-state index in [2.05, 4.69) is 0 Å². The van der Waals surface area contributed by atoms with Crippen LogP contribution in [0.3, 0.4) is 0 Å². The van der Waals surface area contributed by atoms with Crippen molar-refractivity contribution in [2.75, 3.05) is 12.3 Å². The average Bonchev–Trinajstić information content (AvgIpc) is 2.59. The second-order valence-electron chi connectivity index (χ2n) is 6.72. The standard InChI is InChI=1S/C18H25N3O4S/c1-12(2)8-9-21(13(3)18(22)20-23)26(24,25)17-7-5-14-10-16(19)6-4-15(14)11-17/h4-7,10-13,23H,8-9,19H2,1-3H3,(H,20,22)/t13-/m1/s1. The Morgan fingerprint density at radius 1 is 1.15 bits per heavy atom. The number of nitrogens with zero attached hydrogens (tertiary/aromatic N) is 1. The maximum absolute atomic E-state index is 13.2. The van der Waals surface area contributed by atoms with Crippen LogP contribution in [0.4, 0.5) is 5.69 Å². The molecule has 1 amide bonds. The fourth-order valence-corrected chi connectivity index (χ4v) is 4.31. The molecule has 26 heavy (non-hydrogen) atoms. The van der Waals surface area contributed by atoms with Crippen LogP contribution in [0.1, 0.15) is 27.2 Å². The normalized spacial score (nSPS) is 13.3. The largest absolute Gasteiger partial charge is 0.399 e. The Morgan fingerprint density at radius 3 is 2.38 bits per heavy atom. The first kappa shape index (κ1) is 20.2. The van der Waals surface area contributed by atoms with Crippen molar-refractivity contribution in [3.05, 3.63) is 36.4 Å². The molecule has 0 aliphatic heterocycles. The molecular weight excluding hydrogens is 354 g/mol. The van der Waals surface area contributed by atoms with Crippen molar-refractivity contribution < 1.29 is 18.4 Å². The van der Waals surface area contributed by atoms with Gasteiger partial charge in [0.25, 0.3) is 5.91 Å². The van der Waals surface area contributed by atoms with Crippen molar-refractivity contribution in [3.8, 4) is 0 Å². The molecule has 7 nitrogen and oxygen atoms in total. The van der Waals surface area contributed by atoms with E-state index in [4.69, 9.17) is 10.9 Å². The van der Waals surface area contributed by atoms with Crippen LogP contribution < -0.4 is 11.2 Å². The zero-order chi connectivity index (χ0) is 19.5. The summed E-state index contributed by atoms with van der Waals surface area (Å²) in [6, 6.07) is 8.95. The Hall–Kier alpha value is -2.16. The minimum atomic E-state index is -3.92. The third-order valence-electron chi connectivity index (χ3n) is 4.29. The van der Waals surface area contributed by atoms with Crippen molar-refractivity contribution in [2.24, 2.45) is 5.92 Å². The van der Waals surface area contributed by atoms with Crippen LogP contribution in [0.15, 0.2) is 41.3 Å². The molecule has 2 aromatic rings. The molecule has 0 aliphatic carbocycles. The molecule has 0 unspecified atom stereocenters. The van der Waals surface area contributed by atoms with Crippen molar-refractivity contribution >= 4 is 32.4 Å². The Morgan fingerprint density at radius 2 is 1.77 bits per heavy atom. The summed E-state index contributed by atoms with van der Waals surface area (Å²) in [4.78, 5) is 11.9. The van der Waals surface area contributed by atoms with Gasteiger partial charge in [0.05, 0.1) is 4.90 Å². The lowest BCUT2D eigenvalue weighted by atomic mass is 10.1. The summed E-state index contributed by atoms with van der Waals surface area (Å²) in [6.45, 7) is 5.57. The van der Waals surface area contributed by atoms with Crippen LogP contribution in [0, 0.1) is 5.92 Å². The molecule has 2 aromatic carbocycles.